The molecule has 5 nitrogen and oxygen atoms in total. The molecule has 0 spiro atoms. The number of ether oxygens (including phenoxy) is 1. The molecule has 1 saturated heterocycles. The first kappa shape index (κ1) is 16.2. The SMILES string of the molecule is CCN(CCCNC1C2CCOC2C1(C)C)S(C)(=O)=O. The summed E-state index contributed by atoms with van der Waals surface area (Å²) in [6.45, 7) is 9.28. The fourth-order valence-electron chi connectivity index (χ4n) is 3.81. The van der Waals surface area contributed by atoms with Gasteiger partial charge < -0.3 is 10.1 Å². The van der Waals surface area contributed by atoms with Crippen LogP contribution in [0.4, 0.5) is 0 Å². The van der Waals surface area contributed by atoms with E-state index in [2.05, 4.69) is 19.2 Å². The van der Waals surface area contributed by atoms with Crippen LogP contribution in [0.5, 0.6) is 0 Å². The molecular formula is C14H28N2O3S. The topological polar surface area (TPSA) is 58.6 Å². The molecule has 20 heavy (non-hydrogen) atoms. The molecule has 0 aromatic rings. The van der Waals surface area contributed by atoms with Gasteiger partial charge in [0, 0.05) is 37.1 Å². The lowest BCUT2D eigenvalue weighted by Gasteiger charge is -2.55. The third-order valence-electron chi connectivity index (χ3n) is 4.87. The Hall–Kier alpha value is -0.170. The number of sulfonamides is 1. The third-order valence-corrected chi connectivity index (χ3v) is 6.25. The van der Waals surface area contributed by atoms with E-state index < -0.39 is 10.0 Å². The van der Waals surface area contributed by atoms with Gasteiger partial charge in [0.05, 0.1) is 12.4 Å². The van der Waals surface area contributed by atoms with E-state index in [4.69, 9.17) is 4.74 Å². The molecule has 6 heteroatoms. The Balaban J connectivity index is 1.74. The van der Waals surface area contributed by atoms with Gasteiger partial charge in [0.2, 0.25) is 10.0 Å². The minimum Gasteiger partial charge on any atom is -0.377 e. The highest BCUT2D eigenvalue weighted by Gasteiger charge is 2.58. The number of fused-ring (bicyclic) bond motifs is 1. The van der Waals surface area contributed by atoms with E-state index in [1.807, 2.05) is 6.92 Å². The summed E-state index contributed by atoms with van der Waals surface area (Å²) in [7, 11) is -3.06. The number of rotatable bonds is 7. The maximum atomic E-state index is 11.5. The fraction of sp³-hybridized carbons (Fsp3) is 1.00. The molecule has 1 aliphatic carbocycles. The Labute approximate surface area is 123 Å². The zero-order valence-electron chi connectivity index (χ0n) is 13.1. The van der Waals surface area contributed by atoms with Gasteiger partial charge in [-0.25, -0.2) is 12.7 Å². The Morgan fingerprint density at radius 3 is 2.70 bits per heavy atom. The van der Waals surface area contributed by atoms with Crippen LogP contribution >= 0.6 is 0 Å². The Morgan fingerprint density at radius 1 is 1.40 bits per heavy atom. The zero-order valence-corrected chi connectivity index (χ0v) is 13.9. The first-order valence-corrected chi connectivity index (χ1v) is 9.43. The Bertz CT molecular complexity index is 436. The summed E-state index contributed by atoms with van der Waals surface area (Å²) in [5, 5.41) is 3.61. The van der Waals surface area contributed by atoms with E-state index >= 15 is 0 Å². The van der Waals surface area contributed by atoms with Crippen molar-refractivity contribution in [1.29, 1.82) is 0 Å². The molecule has 1 heterocycles. The highest BCUT2D eigenvalue weighted by Crippen LogP contribution is 2.51. The van der Waals surface area contributed by atoms with Crippen LogP contribution in [0.2, 0.25) is 0 Å². The number of hydrogen-bond acceptors (Lipinski definition) is 4. The first-order chi connectivity index (χ1) is 9.28. The van der Waals surface area contributed by atoms with Crippen molar-refractivity contribution in [1.82, 2.24) is 9.62 Å². The Morgan fingerprint density at radius 2 is 2.10 bits per heavy atom. The van der Waals surface area contributed by atoms with Crippen molar-refractivity contribution in [2.75, 3.05) is 32.5 Å². The molecule has 1 aliphatic heterocycles. The van der Waals surface area contributed by atoms with Crippen LogP contribution in [0.25, 0.3) is 0 Å². The van der Waals surface area contributed by atoms with E-state index in [1.54, 1.807) is 0 Å². The standard InChI is InChI=1S/C14H28N2O3S/c1-5-16(20(4,17)18)9-6-8-15-12-11-7-10-19-13(11)14(12,2)3/h11-13,15H,5-10H2,1-4H3. The molecule has 118 valence electrons. The van der Waals surface area contributed by atoms with Crippen molar-refractivity contribution in [3.8, 4) is 0 Å². The summed E-state index contributed by atoms with van der Waals surface area (Å²) >= 11 is 0. The van der Waals surface area contributed by atoms with E-state index in [0.29, 0.717) is 31.2 Å². The van der Waals surface area contributed by atoms with Gasteiger partial charge in [-0.1, -0.05) is 20.8 Å². The molecule has 0 radical (unpaired) electrons. The molecule has 1 N–H and O–H groups in total. The zero-order chi connectivity index (χ0) is 15.0. The average molecular weight is 304 g/mol. The molecule has 2 aliphatic rings. The summed E-state index contributed by atoms with van der Waals surface area (Å²) < 4.78 is 30.3. The minimum atomic E-state index is -3.06. The van der Waals surface area contributed by atoms with E-state index in [9.17, 15) is 8.42 Å². The van der Waals surface area contributed by atoms with E-state index in [-0.39, 0.29) is 5.41 Å². The van der Waals surface area contributed by atoms with Gasteiger partial charge in [-0.2, -0.15) is 0 Å². The third kappa shape index (κ3) is 3.03. The smallest absolute Gasteiger partial charge is 0.211 e. The van der Waals surface area contributed by atoms with Crippen molar-refractivity contribution in [3.05, 3.63) is 0 Å². The lowest BCUT2D eigenvalue weighted by atomic mass is 9.57. The highest BCUT2D eigenvalue weighted by molar-refractivity contribution is 7.88. The summed E-state index contributed by atoms with van der Waals surface area (Å²) in [6, 6.07) is 0.503. The fourth-order valence-corrected chi connectivity index (χ4v) is 4.74. The average Bonchev–Trinajstić information content (AvgIpc) is 2.78. The lowest BCUT2D eigenvalue weighted by Crippen LogP contribution is -2.65. The van der Waals surface area contributed by atoms with Gasteiger partial charge in [0.25, 0.3) is 0 Å². The van der Waals surface area contributed by atoms with Crippen molar-refractivity contribution >= 4 is 10.0 Å². The van der Waals surface area contributed by atoms with Crippen LogP contribution < -0.4 is 5.32 Å². The van der Waals surface area contributed by atoms with Crippen LogP contribution in [0.15, 0.2) is 0 Å². The molecule has 3 atom stereocenters. The van der Waals surface area contributed by atoms with Gasteiger partial charge in [0.1, 0.15) is 0 Å². The van der Waals surface area contributed by atoms with Gasteiger partial charge in [-0.05, 0) is 19.4 Å². The predicted octanol–water partition coefficient (Wildman–Crippen LogP) is 1.06. The maximum Gasteiger partial charge on any atom is 0.211 e. The second-order valence-electron chi connectivity index (χ2n) is 6.61. The molecule has 0 bridgehead atoms. The molecule has 0 amide bonds. The monoisotopic (exact) mass is 304 g/mol. The normalized spacial score (nSPS) is 32.1. The van der Waals surface area contributed by atoms with Gasteiger partial charge >= 0.3 is 0 Å². The lowest BCUT2D eigenvalue weighted by molar-refractivity contribution is -0.112. The van der Waals surface area contributed by atoms with Crippen LogP contribution in [0.1, 0.15) is 33.6 Å². The van der Waals surface area contributed by atoms with Crippen molar-refractivity contribution in [2.24, 2.45) is 11.3 Å². The number of nitrogens with one attached hydrogen (secondary N) is 1. The molecule has 0 aromatic carbocycles. The molecule has 3 unspecified atom stereocenters. The van der Waals surface area contributed by atoms with Crippen LogP contribution in [-0.2, 0) is 14.8 Å². The van der Waals surface area contributed by atoms with E-state index in [0.717, 1.165) is 26.0 Å². The second-order valence-corrected chi connectivity index (χ2v) is 8.59. The van der Waals surface area contributed by atoms with Crippen LogP contribution in [0.3, 0.4) is 0 Å². The molecular weight excluding hydrogens is 276 g/mol. The summed E-state index contributed by atoms with van der Waals surface area (Å²) in [5.74, 6) is 0.641. The molecule has 2 fully saturated rings. The number of hydrogen-bond donors (Lipinski definition) is 1. The first-order valence-electron chi connectivity index (χ1n) is 7.58. The largest absolute Gasteiger partial charge is 0.377 e. The minimum absolute atomic E-state index is 0.197. The second kappa shape index (κ2) is 5.91. The van der Waals surface area contributed by atoms with E-state index in [1.165, 1.54) is 10.6 Å². The van der Waals surface area contributed by atoms with Crippen LogP contribution in [0, 0.1) is 11.3 Å². The number of nitrogens with zero attached hydrogens (tertiary/aromatic N) is 1. The highest BCUT2D eigenvalue weighted by atomic mass is 32.2. The van der Waals surface area contributed by atoms with Gasteiger partial charge in [-0.3, -0.25) is 0 Å². The summed E-state index contributed by atoms with van der Waals surface area (Å²) in [5.41, 5.74) is 0.197. The predicted molar refractivity (Wildman–Crippen MR) is 80.1 cm³/mol. The summed E-state index contributed by atoms with van der Waals surface area (Å²) in [6.07, 6.45) is 3.68. The molecule has 0 aromatic heterocycles. The molecule has 1 saturated carbocycles. The van der Waals surface area contributed by atoms with Crippen LogP contribution in [-0.4, -0.2) is 57.4 Å². The quantitative estimate of drug-likeness (QED) is 0.715. The summed E-state index contributed by atoms with van der Waals surface area (Å²) in [4.78, 5) is 0. The van der Waals surface area contributed by atoms with Crippen molar-refractivity contribution in [2.45, 2.75) is 45.8 Å². The van der Waals surface area contributed by atoms with Gasteiger partial charge in [0.15, 0.2) is 0 Å². The van der Waals surface area contributed by atoms with Crippen molar-refractivity contribution in [3.63, 3.8) is 0 Å². The molecule has 2 rings (SSSR count). The maximum absolute atomic E-state index is 11.5. The Kier molecular flexibility index (Phi) is 4.79. The van der Waals surface area contributed by atoms with Crippen molar-refractivity contribution < 1.29 is 13.2 Å². The van der Waals surface area contributed by atoms with Gasteiger partial charge in [-0.15, -0.1) is 0 Å².